The number of terminal acetylenes is 1. The SMILES string of the molecule is C#CC(C)C(=O)C(N)CCCCN(N)/C=C(\N)CN. The van der Waals surface area contributed by atoms with E-state index in [0.29, 0.717) is 18.7 Å². The molecule has 0 spiro atoms. The van der Waals surface area contributed by atoms with Crippen molar-refractivity contribution in [3.05, 3.63) is 11.9 Å². The fourth-order valence-electron chi connectivity index (χ4n) is 1.53. The van der Waals surface area contributed by atoms with Gasteiger partial charge in [-0.1, -0.05) is 5.92 Å². The molecule has 0 aliphatic heterocycles. The van der Waals surface area contributed by atoms with Gasteiger partial charge in [0.2, 0.25) is 0 Å². The van der Waals surface area contributed by atoms with Gasteiger partial charge in [-0.15, -0.1) is 6.42 Å². The van der Waals surface area contributed by atoms with Crippen LogP contribution >= 0.6 is 0 Å². The van der Waals surface area contributed by atoms with E-state index in [4.69, 9.17) is 29.5 Å². The van der Waals surface area contributed by atoms with Crippen LogP contribution in [0.2, 0.25) is 0 Å². The second kappa shape index (κ2) is 9.39. The zero-order chi connectivity index (χ0) is 14.8. The highest BCUT2D eigenvalue weighted by Gasteiger charge is 2.17. The maximum atomic E-state index is 11.6. The normalized spacial score (nSPS) is 14.6. The third-order valence-corrected chi connectivity index (χ3v) is 2.79. The lowest BCUT2D eigenvalue weighted by Gasteiger charge is -2.16. The molecular formula is C13H25N5O. The third kappa shape index (κ3) is 7.47. The quantitative estimate of drug-likeness (QED) is 0.189. The van der Waals surface area contributed by atoms with Gasteiger partial charge in [-0.25, -0.2) is 5.84 Å². The van der Waals surface area contributed by atoms with Gasteiger partial charge in [0.15, 0.2) is 5.78 Å². The lowest BCUT2D eigenvalue weighted by atomic mass is 9.97. The molecule has 2 unspecified atom stereocenters. The fourth-order valence-corrected chi connectivity index (χ4v) is 1.53. The number of nitrogens with zero attached hydrogens (tertiary/aromatic N) is 1. The fraction of sp³-hybridized carbons (Fsp3) is 0.615. The van der Waals surface area contributed by atoms with Crippen LogP contribution in [0.5, 0.6) is 0 Å². The molecule has 0 fully saturated rings. The first-order valence-electron chi connectivity index (χ1n) is 6.35. The second-order valence-corrected chi connectivity index (χ2v) is 4.54. The summed E-state index contributed by atoms with van der Waals surface area (Å²) in [6.07, 6.45) is 9.01. The molecule has 0 saturated heterocycles. The molecule has 0 rings (SSSR count). The van der Waals surface area contributed by atoms with Gasteiger partial charge in [0.1, 0.15) is 0 Å². The molecule has 0 aromatic rings. The van der Waals surface area contributed by atoms with Gasteiger partial charge < -0.3 is 22.2 Å². The van der Waals surface area contributed by atoms with E-state index in [1.165, 1.54) is 5.01 Å². The van der Waals surface area contributed by atoms with E-state index >= 15 is 0 Å². The summed E-state index contributed by atoms with van der Waals surface area (Å²) in [5.41, 5.74) is 17.2. The number of ketones is 1. The number of hydrogen-bond acceptors (Lipinski definition) is 6. The van der Waals surface area contributed by atoms with Crippen molar-refractivity contribution in [3.8, 4) is 12.3 Å². The molecule has 0 amide bonds. The predicted octanol–water partition coefficient (Wildman–Crippen LogP) is -0.743. The van der Waals surface area contributed by atoms with Crippen LogP contribution in [0.25, 0.3) is 0 Å². The Morgan fingerprint density at radius 1 is 1.47 bits per heavy atom. The highest BCUT2D eigenvalue weighted by Crippen LogP contribution is 2.06. The first-order chi connectivity index (χ1) is 8.92. The van der Waals surface area contributed by atoms with Gasteiger partial charge in [0.05, 0.1) is 12.0 Å². The smallest absolute Gasteiger partial charge is 0.164 e. The van der Waals surface area contributed by atoms with Crippen LogP contribution in [0.3, 0.4) is 0 Å². The Bertz CT molecular complexity index is 347. The van der Waals surface area contributed by atoms with Crippen molar-refractivity contribution < 1.29 is 4.79 Å². The number of hydrogen-bond donors (Lipinski definition) is 4. The van der Waals surface area contributed by atoms with Crippen molar-refractivity contribution in [3.63, 3.8) is 0 Å². The number of nitrogens with two attached hydrogens (primary N) is 4. The number of unbranched alkanes of at least 4 members (excludes halogenated alkanes) is 1. The summed E-state index contributed by atoms with van der Waals surface area (Å²) in [7, 11) is 0. The Labute approximate surface area is 115 Å². The number of Topliss-reactive ketones (excluding diaryl/α,β-unsaturated/α-hetero) is 1. The molecule has 0 bridgehead atoms. The molecular weight excluding hydrogens is 242 g/mol. The largest absolute Gasteiger partial charge is 0.400 e. The maximum Gasteiger partial charge on any atom is 0.164 e. The zero-order valence-corrected chi connectivity index (χ0v) is 11.5. The van der Waals surface area contributed by atoms with Crippen molar-refractivity contribution in [2.45, 2.75) is 32.2 Å². The highest BCUT2D eigenvalue weighted by molar-refractivity contribution is 5.87. The molecule has 0 radical (unpaired) electrons. The Balaban J connectivity index is 3.87. The standard InChI is InChI=1S/C13H25N5O/c1-3-10(2)13(19)12(16)6-4-5-7-18(17)9-11(15)8-14/h1,9-10,12H,4-8,14-17H2,2H3/b11-9-. The summed E-state index contributed by atoms with van der Waals surface area (Å²) in [4.78, 5) is 11.6. The minimum absolute atomic E-state index is 0.0839. The van der Waals surface area contributed by atoms with Crippen LogP contribution < -0.4 is 23.0 Å². The van der Waals surface area contributed by atoms with Crippen molar-refractivity contribution in [1.82, 2.24) is 5.01 Å². The molecule has 108 valence electrons. The number of rotatable bonds is 9. The molecule has 6 nitrogen and oxygen atoms in total. The summed E-state index contributed by atoms with van der Waals surface area (Å²) >= 11 is 0. The Kier molecular flexibility index (Phi) is 8.62. The van der Waals surface area contributed by atoms with Gasteiger partial charge in [-0.2, -0.15) is 0 Å². The third-order valence-electron chi connectivity index (χ3n) is 2.79. The van der Waals surface area contributed by atoms with Gasteiger partial charge in [0, 0.05) is 25.0 Å². The summed E-state index contributed by atoms with van der Waals surface area (Å²) in [5, 5.41) is 1.49. The van der Waals surface area contributed by atoms with Crippen molar-refractivity contribution >= 4 is 5.78 Å². The van der Waals surface area contributed by atoms with Crippen LogP contribution in [0.1, 0.15) is 26.2 Å². The monoisotopic (exact) mass is 267 g/mol. The van der Waals surface area contributed by atoms with E-state index in [1.807, 2.05) is 0 Å². The van der Waals surface area contributed by atoms with Crippen LogP contribution in [0, 0.1) is 18.3 Å². The highest BCUT2D eigenvalue weighted by atomic mass is 16.1. The molecule has 19 heavy (non-hydrogen) atoms. The predicted molar refractivity (Wildman–Crippen MR) is 77.0 cm³/mol. The molecule has 0 saturated carbocycles. The van der Waals surface area contributed by atoms with Crippen LogP contribution in [-0.4, -0.2) is 29.9 Å². The van der Waals surface area contributed by atoms with E-state index in [0.717, 1.165) is 12.8 Å². The number of hydrazine groups is 1. The van der Waals surface area contributed by atoms with Gasteiger partial charge in [0.25, 0.3) is 0 Å². The Morgan fingerprint density at radius 3 is 2.63 bits per heavy atom. The Morgan fingerprint density at radius 2 is 2.11 bits per heavy atom. The first kappa shape index (κ1) is 17.4. The second-order valence-electron chi connectivity index (χ2n) is 4.54. The lowest BCUT2D eigenvalue weighted by Crippen LogP contribution is -2.34. The first-order valence-corrected chi connectivity index (χ1v) is 6.35. The number of carbonyl (C=O) groups is 1. The van der Waals surface area contributed by atoms with Crippen molar-refractivity contribution in [1.29, 1.82) is 0 Å². The topological polar surface area (TPSA) is 124 Å². The van der Waals surface area contributed by atoms with E-state index < -0.39 is 12.0 Å². The molecule has 6 heteroatoms. The molecule has 0 aliphatic carbocycles. The average molecular weight is 267 g/mol. The molecule has 8 N–H and O–H groups in total. The maximum absolute atomic E-state index is 11.6. The van der Waals surface area contributed by atoms with Gasteiger partial charge in [-0.3, -0.25) is 4.79 Å². The summed E-state index contributed by atoms with van der Waals surface area (Å²) in [6.45, 7) is 2.59. The minimum atomic E-state index is -0.498. The van der Waals surface area contributed by atoms with Crippen molar-refractivity contribution in [2.24, 2.45) is 29.0 Å². The van der Waals surface area contributed by atoms with Gasteiger partial charge >= 0.3 is 0 Å². The molecule has 0 heterocycles. The van der Waals surface area contributed by atoms with Crippen LogP contribution in [0.4, 0.5) is 0 Å². The average Bonchev–Trinajstić information content (AvgIpc) is 2.41. The van der Waals surface area contributed by atoms with Crippen LogP contribution in [-0.2, 0) is 4.79 Å². The summed E-state index contributed by atoms with van der Waals surface area (Å²) in [6, 6.07) is -0.498. The Hall–Kier alpha value is -1.55. The number of carbonyl (C=O) groups excluding carboxylic acids is 1. The van der Waals surface area contributed by atoms with E-state index in [-0.39, 0.29) is 12.3 Å². The minimum Gasteiger partial charge on any atom is -0.400 e. The summed E-state index contributed by atoms with van der Waals surface area (Å²) in [5.74, 6) is 7.58. The molecule has 2 atom stereocenters. The zero-order valence-electron chi connectivity index (χ0n) is 11.5. The molecule has 0 aromatic carbocycles. The lowest BCUT2D eigenvalue weighted by molar-refractivity contribution is -0.122. The van der Waals surface area contributed by atoms with E-state index in [2.05, 4.69) is 5.92 Å². The van der Waals surface area contributed by atoms with E-state index in [1.54, 1.807) is 13.1 Å². The van der Waals surface area contributed by atoms with E-state index in [9.17, 15) is 4.79 Å². The summed E-state index contributed by atoms with van der Waals surface area (Å²) < 4.78 is 0. The van der Waals surface area contributed by atoms with Gasteiger partial charge in [-0.05, 0) is 26.2 Å². The van der Waals surface area contributed by atoms with Crippen molar-refractivity contribution in [2.75, 3.05) is 13.1 Å². The molecule has 0 aromatic heterocycles. The van der Waals surface area contributed by atoms with Crippen LogP contribution in [0.15, 0.2) is 11.9 Å². The molecule has 0 aliphatic rings.